The van der Waals surface area contributed by atoms with E-state index < -0.39 is 0 Å². The Hall–Kier alpha value is -1.35. The fourth-order valence-corrected chi connectivity index (χ4v) is 5.87. The molecule has 0 radical (unpaired) electrons. The van der Waals surface area contributed by atoms with Gasteiger partial charge in [0.1, 0.15) is 0 Å². The van der Waals surface area contributed by atoms with Crippen molar-refractivity contribution < 1.29 is 4.79 Å². The normalized spacial score (nSPS) is 33.7. The quantitative estimate of drug-likeness (QED) is 0.793. The van der Waals surface area contributed by atoms with E-state index in [2.05, 4.69) is 34.1 Å². The average Bonchev–Trinajstić information content (AvgIpc) is 3.01. The minimum atomic E-state index is 0.197. The number of nitrogens with zero attached hydrogens (tertiary/aromatic N) is 2. The van der Waals surface area contributed by atoms with Crippen LogP contribution in [-0.4, -0.2) is 47.9 Å². The standard InChI is InChI=1S/C21H28N2O/c24-20(19-15-16-6-11-22(19)12-7-16)23-13-9-21(10-14-23)8-5-17-3-1-2-4-18(17)21/h1-4,16,19H,5-15H2. The Labute approximate surface area is 145 Å². The van der Waals surface area contributed by atoms with E-state index >= 15 is 0 Å². The second-order valence-corrected chi connectivity index (χ2v) is 8.49. The van der Waals surface area contributed by atoms with Gasteiger partial charge in [-0.3, -0.25) is 9.69 Å². The van der Waals surface area contributed by atoms with Crippen molar-refractivity contribution in [3.63, 3.8) is 0 Å². The van der Waals surface area contributed by atoms with Gasteiger partial charge < -0.3 is 4.90 Å². The maximum absolute atomic E-state index is 13.1. The molecule has 5 aliphatic rings. The first kappa shape index (κ1) is 14.9. The molecule has 0 N–H and O–H groups in total. The lowest BCUT2D eigenvalue weighted by Crippen LogP contribution is -2.57. The Morgan fingerprint density at radius 3 is 2.46 bits per heavy atom. The number of piperidine rings is 4. The molecule has 3 nitrogen and oxygen atoms in total. The van der Waals surface area contributed by atoms with E-state index in [4.69, 9.17) is 0 Å². The maximum atomic E-state index is 13.1. The predicted molar refractivity (Wildman–Crippen MR) is 95.0 cm³/mol. The van der Waals surface area contributed by atoms with Gasteiger partial charge in [-0.1, -0.05) is 24.3 Å². The molecule has 24 heavy (non-hydrogen) atoms. The van der Waals surface area contributed by atoms with Gasteiger partial charge >= 0.3 is 0 Å². The monoisotopic (exact) mass is 324 g/mol. The summed E-state index contributed by atoms with van der Waals surface area (Å²) in [6.45, 7) is 4.21. The van der Waals surface area contributed by atoms with Gasteiger partial charge in [-0.25, -0.2) is 0 Å². The lowest BCUT2D eigenvalue weighted by atomic mass is 9.73. The predicted octanol–water partition coefficient (Wildman–Crippen LogP) is 2.98. The van der Waals surface area contributed by atoms with Crippen molar-refractivity contribution in [2.24, 2.45) is 5.92 Å². The molecular formula is C21H28N2O. The smallest absolute Gasteiger partial charge is 0.239 e. The molecule has 128 valence electrons. The Bertz CT molecular complexity index is 639. The number of amides is 1. The van der Waals surface area contributed by atoms with Crippen molar-refractivity contribution in [1.82, 2.24) is 9.80 Å². The van der Waals surface area contributed by atoms with Crippen LogP contribution in [0.5, 0.6) is 0 Å². The molecule has 4 heterocycles. The summed E-state index contributed by atoms with van der Waals surface area (Å²) in [5, 5.41) is 0. The minimum absolute atomic E-state index is 0.197. The van der Waals surface area contributed by atoms with Gasteiger partial charge in [0, 0.05) is 13.1 Å². The molecule has 2 bridgehead atoms. The van der Waals surface area contributed by atoms with Gasteiger partial charge in [-0.05, 0) is 80.5 Å². The van der Waals surface area contributed by atoms with E-state index in [1.807, 2.05) is 0 Å². The molecule has 4 aliphatic heterocycles. The molecule has 1 amide bonds. The van der Waals surface area contributed by atoms with Crippen molar-refractivity contribution >= 4 is 5.91 Å². The first-order valence-electron chi connectivity index (χ1n) is 9.86. The summed E-state index contributed by atoms with van der Waals surface area (Å²) in [7, 11) is 0. The molecule has 0 saturated carbocycles. The van der Waals surface area contributed by atoms with E-state index in [0.717, 1.165) is 51.4 Å². The fourth-order valence-electron chi connectivity index (χ4n) is 5.87. The molecule has 0 aromatic heterocycles. The van der Waals surface area contributed by atoms with Gasteiger partial charge in [0.25, 0.3) is 0 Å². The topological polar surface area (TPSA) is 23.6 Å². The number of hydrogen-bond acceptors (Lipinski definition) is 2. The number of carbonyl (C=O) groups is 1. The van der Waals surface area contributed by atoms with Gasteiger partial charge in [-0.15, -0.1) is 0 Å². The number of carbonyl (C=O) groups excluding carboxylic acids is 1. The molecule has 1 spiro atoms. The SMILES string of the molecule is O=C(C1CC2CCN1CC2)N1CCC2(CCc3ccccc32)CC1. The van der Waals surface area contributed by atoms with E-state index in [1.54, 1.807) is 11.1 Å². The molecule has 3 heteroatoms. The minimum Gasteiger partial charge on any atom is -0.341 e. The summed E-state index contributed by atoms with van der Waals surface area (Å²) in [6.07, 6.45) is 8.56. The number of rotatable bonds is 1. The van der Waals surface area contributed by atoms with Crippen molar-refractivity contribution in [3.05, 3.63) is 35.4 Å². The summed E-state index contributed by atoms with van der Waals surface area (Å²) >= 11 is 0. The Morgan fingerprint density at radius 2 is 1.75 bits per heavy atom. The highest BCUT2D eigenvalue weighted by Gasteiger charge is 2.44. The highest BCUT2D eigenvalue weighted by Crippen LogP contribution is 2.46. The summed E-state index contributed by atoms with van der Waals surface area (Å²) in [4.78, 5) is 17.7. The van der Waals surface area contributed by atoms with Crippen LogP contribution in [0.4, 0.5) is 0 Å². The molecule has 1 aromatic carbocycles. The zero-order valence-corrected chi connectivity index (χ0v) is 14.5. The van der Waals surface area contributed by atoms with Crippen LogP contribution in [0.25, 0.3) is 0 Å². The van der Waals surface area contributed by atoms with Crippen molar-refractivity contribution in [1.29, 1.82) is 0 Å². The second kappa shape index (κ2) is 5.59. The Morgan fingerprint density at radius 1 is 1.00 bits per heavy atom. The van der Waals surface area contributed by atoms with Crippen LogP contribution in [-0.2, 0) is 16.6 Å². The molecule has 1 aromatic rings. The van der Waals surface area contributed by atoms with Gasteiger partial charge in [0.05, 0.1) is 6.04 Å². The van der Waals surface area contributed by atoms with Gasteiger partial charge in [-0.2, -0.15) is 0 Å². The molecule has 1 atom stereocenters. The molecule has 1 aliphatic carbocycles. The van der Waals surface area contributed by atoms with Crippen LogP contribution >= 0.6 is 0 Å². The van der Waals surface area contributed by atoms with Gasteiger partial charge in [0.2, 0.25) is 5.91 Å². The first-order chi connectivity index (χ1) is 11.8. The summed E-state index contributed by atoms with van der Waals surface area (Å²) < 4.78 is 0. The van der Waals surface area contributed by atoms with E-state index in [9.17, 15) is 4.79 Å². The third-order valence-corrected chi connectivity index (χ3v) is 7.43. The summed E-state index contributed by atoms with van der Waals surface area (Å²) in [5.41, 5.74) is 3.49. The number of likely N-dealkylation sites (tertiary alicyclic amines) is 1. The third kappa shape index (κ3) is 2.24. The average molecular weight is 324 g/mol. The van der Waals surface area contributed by atoms with Crippen LogP contribution < -0.4 is 0 Å². The first-order valence-corrected chi connectivity index (χ1v) is 9.86. The van der Waals surface area contributed by atoms with E-state index in [-0.39, 0.29) is 6.04 Å². The fraction of sp³-hybridized carbons (Fsp3) is 0.667. The largest absolute Gasteiger partial charge is 0.341 e. The van der Waals surface area contributed by atoms with Crippen LogP contribution in [0.2, 0.25) is 0 Å². The van der Waals surface area contributed by atoms with Gasteiger partial charge in [0.15, 0.2) is 0 Å². The number of fused-ring (bicyclic) bond motifs is 5. The van der Waals surface area contributed by atoms with Crippen molar-refractivity contribution in [3.8, 4) is 0 Å². The van der Waals surface area contributed by atoms with E-state index in [1.165, 1.54) is 25.7 Å². The lowest BCUT2D eigenvalue weighted by Gasteiger charge is -2.47. The zero-order valence-electron chi connectivity index (χ0n) is 14.5. The van der Waals surface area contributed by atoms with Crippen molar-refractivity contribution in [2.45, 2.75) is 56.4 Å². The lowest BCUT2D eigenvalue weighted by molar-refractivity contribution is -0.143. The highest BCUT2D eigenvalue weighted by molar-refractivity contribution is 5.82. The number of hydrogen-bond donors (Lipinski definition) is 0. The van der Waals surface area contributed by atoms with Crippen LogP contribution in [0.3, 0.4) is 0 Å². The summed E-state index contributed by atoms with van der Waals surface area (Å²) in [5.74, 6) is 1.24. The summed E-state index contributed by atoms with van der Waals surface area (Å²) in [6, 6.07) is 9.19. The Kier molecular flexibility index (Phi) is 3.48. The molecular weight excluding hydrogens is 296 g/mol. The number of aryl methyl sites for hydroxylation is 1. The highest BCUT2D eigenvalue weighted by atomic mass is 16.2. The van der Waals surface area contributed by atoms with Crippen molar-refractivity contribution in [2.75, 3.05) is 26.2 Å². The second-order valence-electron chi connectivity index (χ2n) is 8.49. The number of benzene rings is 1. The van der Waals surface area contributed by atoms with Crippen LogP contribution in [0.15, 0.2) is 24.3 Å². The Balaban J connectivity index is 1.28. The third-order valence-electron chi connectivity index (χ3n) is 7.43. The molecule has 4 saturated heterocycles. The molecule has 1 unspecified atom stereocenters. The van der Waals surface area contributed by atoms with Crippen LogP contribution in [0, 0.1) is 5.92 Å². The van der Waals surface area contributed by atoms with E-state index in [0.29, 0.717) is 11.3 Å². The molecule has 6 rings (SSSR count). The van der Waals surface area contributed by atoms with Crippen LogP contribution in [0.1, 0.15) is 49.7 Å². The molecule has 4 fully saturated rings. The maximum Gasteiger partial charge on any atom is 0.239 e. The zero-order chi connectivity index (χ0) is 16.1.